The molecule has 0 fully saturated rings. The first kappa shape index (κ1) is 10.2. The molecule has 2 heteroatoms. The number of benzene rings is 1. The van der Waals surface area contributed by atoms with Gasteiger partial charge in [0.15, 0.2) is 0 Å². The third-order valence-corrected chi connectivity index (χ3v) is 2.94. The number of carbonyl (C=O) groups excluding carboxylic acids is 1. The minimum atomic E-state index is 0.148. The van der Waals surface area contributed by atoms with Gasteiger partial charge >= 0.3 is 0 Å². The van der Waals surface area contributed by atoms with Crippen LogP contribution in [-0.2, 0) is 11.2 Å². The molecule has 0 radical (unpaired) electrons. The van der Waals surface area contributed by atoms with Crippen LogP contribution < -0.4 is 5.32 Å². The molecule has 0 aromatic heterocycles. The third-order valence-electron chi connectivity index (χ3n) is 2.94. The van der Waals surface area contributed by atoms with E-state index in [0.717, 1.165) is 18.5 Å². The van der Waals surface area contributed by atoms with Gasteiger partial charge in [0.05, 0.1) is 0 Å². The van der Waals surface area contributed by atoms with Gasteiger partial charge in [0.1, 0.15) is 0 Å². The van der Waals surface area contributed by atoms with Crippen LogP contribution in [0, 0.1) is 0 Å². The van der Waals surface area contributed by atoms with Gasteiger partial charge in [-0.2, -0.15) is 0 Å². The Labute approximate surface area is 90.7 Å². The van der Waals surface area contributed by atoms with Gasteiger partial charge < -0.3 is 5.32 Å². The summed E-state index contributed by atoms with van der Waals surface area (Å²) in [5, 5.41) is 2.98. The van der Waals surface area contributed by atoms with Crippen molar-refractivity contribution in [1.82, 2.24) is 0 Å². The van der Waals surface area contributed by atoms with Crippen molar-refractivity contribution in [3.8, 4) is 0 Å². The molecule has 0 unspecified atom stereocenters. The molecule has 0 saturated carbocycles. The zero-order valence-corrected chi connectivity index (χ0v) is 9.34. The van der Waals surface area contributed by atoms with Crippen LogP contribution in [0.1, 0.15) is 43.7 Å². The largest absolute Gasteiger partial charge is 0.326 e. The van der Waals surface area contributed by atoms with E-state index in [2.05, 4.69) is 25.2 Å². The Morgan fingerprint density at radius 2 is 2.07 bits per heavy atom. The van der Waals surface area contributed by atoms with Crippen molar-refractivity contribution in [3.05, 3.63) is 29.3 Å². The fourth-order valence-electron chi connectivity index (χ4n) is 2.18. The highest BCUT2D eigenvalue weighted by molar-refractivity contribution is 5.92. The van der Waals surface area contributed by atoms with Crippen LogP contribution in [0.4, 0.5) is 5.69 Å². The highest BCUT2D eigenvalue weighted by Gasteiger charge is 2.16. The molecule has 0 bridgehead atoms. The van der Waals surface area contributed by atoms with E-state index in [1.165, 1.54) is 11.1 Å². The van der Waals surface area contributed by atoms with Crippen molar-refractivity contribution in [2.75, 3.05) is 5.32 Å². The molecule has 15 heavy (non-hydrogen) atoms. The maximum Gasteiger partial charge on any atom is 0.224 e. The number of hydrogen-bond donors (Lipinski definition) is 1. The van der Waals surface area contributed by atoms with Gasteiger partial charge in [-0.3, -0.25) is 4.79 Å². The molecule has 1 aromatic carbocycles. The second-order valence-corrected chi connectivity index (χ2v) is 4.43. The molecule has 1 heterocycles. The molecule has 2 rings (SSSR count). The lowest BCUT2D eigenvalue weighted by atomic mass is 9.93. The maximum absolute atomic E-state index is 11.4. The second kappa shape index (κ2) is 4.05. The average molecular weight is 203 g/mol. The minimum Gasteiger partial charge on any atom is -0.326 e. The SMILES string of the molecule is CC(C)c1cccc2c1CCCC(=O)N2. The molecule has 1 aromatic rings. The van der Waals surface area contributed by atoms with Gasteiger partial charge in [-0.1, -0.05) is 26.0 Å². The van der Waals surface area contributed by atoms with Crippen LogP contribution in [0.5, 0.6) is 0 Å². The lowest BCUT2D eigenvalue weighted by Gasteiger charge is -2.14. The molecule has 0 atom stereocenters. The van der Waals surface area contributed by atoms with Crippen molar-refractivity contribution in [3.63, 3.8) is 0 Å². The van der Waals surface area contributed by atoms with Crippen molar-refractivity contribution in [1.29, 1.82) is 0 Å². The summed E-state index contributed by atoms with van der Waals surface area (Å²) in [7, 11) is 0. The molecule has 0 saturated heterocycles. The fraction of sp³-hybridized carbons (Fsp3) is 0.462. The van der Waals surface area contributed by atoms with Gasteiger partial charge in [0.2, 0.25) is 5.91 Å². The quantitative estimate of drug-likeness (QED) is 0.746. The molecule has 1 aliphatic rings. The Morgan fingerprint density at radius 3 is 2.80 bits per heavy atom. The van der Waals surface area contributed by atoms with Crippen LogP contribution in [0.15, 0.2) is 18.2 Å². The number of hydrogen-bond acceptors (Lipinski definition) is 1. The molecule has 80 valence electrons. The summed E-state index contributed by atoms with van der Waals surface area (Å²) in [5.74, 6) is 0.671. The van der Waals surface area contributed by atoms with E-state index in [-0.39, 0.29) is 5.91 Å². The Balaban J connectivity index is 2.46. The predicted molar refractivity (Wildman–Crippen MR) is 62.1 cm³/mol. The van der Waals surface area contributed by atoms with E-state index in [9.17, 15) is 4.79 Å². The first-order chi connectivity index (χ1) is 7.18. The summed E-state index contributed by atoms with van der Waals surface area (Å²) in [5.41, 5.74) is 3.72. The average Bonchev–Trinajstić information content (AvgIpc) is 2.37. The zero-order chi connectivity index (χ0) is 10.8. The van der Waals surface area contributed by atoms with E-state index in [0.29, 0.717) is 12.3 Å². The number of carbonyl (C=O) groups is 1. The molecule has 0 spiro atoms. The van der Waals surface area contributed by atoms with Crippen LogP contribution in [-0.4, -0.2) is 5.91 Å². The van der Waals surface area contributed by atoms with Gasteiger partial charge in [-0.25, -0.2) is 0 Å². The number of fused-ring (bicyclic) bond motifs is 1. The summed E-state index contributed by atoms with van der Waals surface area (Å²) in [6.07, 6.45) is 2.62. The lowest BCUT2D eigenvalue weighted by Crippen LogP contribution is -2.09. The van der Waals surface area contributed by atoms with E-state index in [1.54, 1.807) is 0 Å². The molecule has 1 N–H and O–H groups in total. The summed E-state index contributed by atoms with van der Waals surface area (Å²) in [6, 6.07) is 6.20. The molecule has 1 aliphatic heterocycles. The van der Waals surface area contributed by atoms with Crippen LogP contribution in [0.3, 0.4) is 0 Å². The van der Waals surface area contributed by atoms with Crippen LogP contribution >= 0.6 is 0 Å². The van der Waals surface area contributed by atoms with Gasteiger partial charge in [-0.05, 0) is 36.0 Å². The third kappa shape index (κ3) is 2.04. The minimum absolute atomic E-state index is 0.148. The highest BCUT2D eigenvalue weighted by Crippen LogP contribution is 2.29. The standard InChI is InChI=1S/C13H17NO/c1-9(2)10-5-3-7-12-11(10)6-4-8-13(15)14-12/h3,5,7,9H,4,6,8H2,1-2H3,(H,14,15). The molecular weight excluding hydrogens is 186 g/mol. The molecule has 1 amide bonds. The topological polar surface area (TPSA) is 29.1 Å². The zero-order valence-electron chi connectivity index (χ0n) is 9.34. The summed E-state index contributed by atoms with van der Waals surface area (Å²) < 4.78 is 0. The van der Waals surface area contributed by atoms with E-state index in [1.807, 2.05) is 12.1 Å². The highest BCUT2D eigenvalue weighted by atomic mass is 16.1. The summed E-state index contributed by atoms with van der Waals surface area (Å²) in [6.45, 7) is 4.39. The number of amides is 1. The maximum atomic E-state index is 11.4. The van der Waals surface area contributed by atoms with Crippen LogP contribution in [0.2, 0.25) is 0 Å². The van der Waals surface area contributed by atoms with Gasteiger partial charge in [0, 0.05) is 12.1 Å². The molecule has 0 aliphatic carbocycles. The number of rotatable bonds is 1. The Kier molecular flexibility index (Phi) is 2.76. The molecular formula is C13H17NO. The predicted octanol–water partition coefficient (Wildman–Crippen LogP) is 3.08. The van der Waals surface area contributed by atoms with Gasteiger partial charge in [0.25, 0.3) is 0 Å². The van der Waals surface area contributed by atoms with Crippen molar-refractivity contribution in [2.24, 2.45) is 0 Å². The number of anilines is 1. The molecule has 2 nitrogen and oxygen atoms in total. The van der Waals surface area contributed by atoms with E-state index in [4.69, 9.17) is 0 Å². The van der Waals surface area contributed by atoms with Crippen molar-refractivity contribution < 1.29 is 4.79 Å². The van der Waals surface area contributed by atoms with E-state index >= 15 is 0 Å². The lowest BCUT2D eigenvalue weighted by molar-refractivity contribution is -0.116. The Morgan fingerprint density at radius 1 is 1.27 bits per heavy atom. The summed E-state index contributed by atoms with van der Waals surface area (Å²) in [4.78, 5) is 11.4. The second-order valence-electron chi connectivity index (χ2n) is 4.43. The van der Waals surface area contributed by atoms with Gasteiger partial charge in [-0.15, -0.1) is 0 Å². The van der Waals surface area contributed by atoms with Crippen molar-refractivity contribution in [2.45, 2.75) is 39.0 Å². The smallest absolute Gasteiger partial charge is 0.224 e. The first-order valence-corrected chi connectivity index (χ1v) is 5.60. The van der Waals surface area contributed by atoms with Crippen LogP contribution in [0.25, 0.3) is 0 Å². The number of nitrogens with one attached hydrogen (secondary N) is 1. The van der Waals surface area contributed by atoms with Crippen molar-refractivity contribution >= 4 is 11.6 Å². The fourth-order valence-corrected chi connectivity index (χ4v) is 2.18. The Hall–Kier alpha value is -1.31. The monoisotopic (exact) mass is 203 g/mol. The van der Waals surface area contributed by atoms with E-state index < -0.39 is 0 Å². The first-order valence-electron chi connectivity index (χ1n) is 5.60. The summed E-state index contributed by atoms with van der Waals surface area (Å²) >= 11 is 0. The Bertz CT molecular complexity index is 382. The normalized spacial score (nSPS) is 15.8.